The zero-order valence-corrected chi connectivity index (χ0v) is 14.8. The van der Waals surface area contributed by atoms with Gasteiger partial charge in [0.05, 0.1) is 4.90 Å². The highest BCUT2D eigenvalue weighted by molar-refractivity contribution is 9.10. The number of rotatable bonds is 6. The molecule has 1 aromatic rings. The molecule has 1 atom stereocenters. The maximum absolute atomic E-state index is 12.5. The van der Waals surface area contributed by atoms with Gasteiger partial charge >= 0.3 is 0 Å². The van der Waals surface area contributed by atoms with Crippen LogP contribution in [0.1, 0.15) is 18.9 Å². The first-order valence-corrected chi connectivity index (χ1v) is 9.40. The van der Waals surface area contributed by atoms with Crippen LogP contribution < -0.4 is 10.0 Å². The Bertz CT molecular complexity index is 592. The Kier molecular flexibility index (Phi) is 5.79. The molecule has 0 aromatic heterocycles. The van der Waals surface area contributed by atoms with Crippen LogP contribution in [0.15, 0.2) is 27.6 Å². The van der Waals surface area contributed by atoms with Crippen LogP contribution in [-0.2, 0) is 16.6 Å². The molecule has 0 aliphatic carbocycles. The lowest BCUT2D eigenvalue weighted by atomic mass is 10.2. The second-order valence-electron chi connectivity index (χ2n) is 5.41. The summed E-state index contributed by atoms with van der Waals surface area (Å²) in [7, 11) is -1.48. The molecule has 0 amide bonds. The zero-order valence-electron chi connectivity index (χ0n) is 12.4. The van der Waals surface area contributed by atoms with Gasteiger partial charge in [0.2, 0.25) is 10.0 Å². The van der Waals surface area contributed by atoms with Crippen molar-refractivity contribution in [2.24, 2.45) is 0 Å². The molecule has 0 spiro atoms. The second-order valence-corrected chi connectivity index (χ2v) is 7.95. The average Bonchev–Trinajstić information content (AvgIpc) is 2.80. The number of nitrogens with one attached hydrogen (secondary N) is 2. The van der Waals surface area contributed by atoms with Gasteiger partial charge in [0.15, 0.2) is 0 Å². The van der Waals surface area contributed by atoms with E-state index in [2.05, 4.69) is 30.9 Å². The molecule has 0 saturated carbocycles. The fourth-order valence-electron chi connectivity index (χ4n) is 2.46. The van der Waals surface area contributed by atoms with E-state index in [0.29, 0.717) is 9.37 Å². The summed E-state index contributed by atoms with van der Waals surface area (Å²) in [5.41, 5.74) is 1.06. The van der Waals surface area contributed by atoms with Crippen LogP contribution in [-0.4, -0.2) is 46.0 Å². The van der Waals surface area contributed by atoms with Crippen LogP contribution in [0.4, 0.5) is 0 Å². The fraction of sp³-hybridized carbons (Fsp3) is 0.571. The summed E-state index contributed by atoms with van der Waals surface area (Å²) in [5.74, 6) is 0. The maximum atomic E-state index is 12.5. The molecule has 7 heteroatoms. The first kappa shape index (κ1) is 16.9. The van der Waals surface area contributed by atoms with E-state index >= 15 is 0 Å². The summed E-state index contributed by atoms with van der Waals surface area (Å²) in [6.07, 6.45) is 0.853. The average molecular weight is 376 g/mol. The van der Waals surface area contributed by atoms with Crippen LogP contribution in [0, 0.1) is 0 Å². The van der Waals surface area contributed by atoms with E-state index < -0.39 is 10.0 Å². The van der Waals surface area contributed by atoms with Crippen molar-refractivity contribution in [2.45, 2.75) is 30.8 Å². The molecule has 1 aliphatic rings. The minimum atomic E-state index is -3.48. The van der Waals surface area contributed by atoms with Gasteiger partial charge in [-0.15, -0.1) is 0 Å². The smallest absolute Gasteiger partial charge is 0.241 e. The minimum Gasteiger partial charge on any atom is -0.313 e. The molecule has 2 rings (SSSR count). The molecule has 21 heavy (non-hydrogen) atoms. The number of sulfonamides is 1. The third-order valence-corrected chi connectivity index (χ3v) is 6.08. The third kappa shape index (κ3) is 4.50. The van der Waals surface area contributed by atoms with Crippen molar-refractivity contribution in [3.8, 4) is 0 Å². The van der Waals surface area contributed by atoms with Gasteiger partial charge in [0.1, 0.15) is 0 Å². The summed E-state index contributed by atoms with van der Waals surface area (Å²) in [5, 5.41) is 3.22. The Labute approximate surface area is 135 Å². The molecular formula is C14H22BrN3O2S. The predicted octanol–water partition coefficient (Wildman–Crippen LogP) is 1.54. The number of likely N-dealkylation sites (tertiary alicyclic amines) is 1. The normalized spacial score (nSPS) is 20.0. The summed E-state index contributed by atoms with van der Waals surface area (Å²) in [6, 6.07) is 5.37. The largest absolute Gasteiger partial charge is 0.313 e. The van der Waals surface area contributed by atoms with Gasteiger partial charge in [0.25, 0.3) is 0 Å². The summed E-state index contributed by atoms with van der Waals surface area (Å²) < 4.78 is 28.3. The standard InChI is InChI=1S/C14H22BrN3O2S/c1-3-16-9-11-4-5-14(13(15)8-11)21(19,20)17-12-6-7-18(2)10-12/h4-5,8,12,16-17H,3,6-7,9-10H2,1-2H3. The van der Waals surface area contributed by atoms with E-state index in [-0.39, 0.29) is 6.04 Å². The third-order valence-electron chi connectivity index (χ3n) is 3.58. The molecule has 0 radical (unpaired) electrons. The lowest BCUT2D eigenvalue weighted by molar-refractivity contribution is 0.407. The van der Waals surface area contributed by atoms with Crippen LogP contribution >= 0.6 is 15.9 Å². The molecule has 2 N–H and O–H groups in total. The van der Waals surface area contributed by atoms with Crippen molar-refractivity contribution in [1.82, 2.24) is 14.9 Å². The van der Waals surface area contributed by atoms with Crippen molar-refractivity contribution < 1.29 is 8.42 Å². The molecule has 1 fully saturated rings. The molecule has 5 nitrogen and oxygen atoms in total. The second kappa shape index (κ2) is 7.19. The zero-order chi connectivity index (χ0) is 15.5. The van der Waals surface area contributed by atoms with E-state index in [1.807, 2.05) is 26.1 Å². The van der Waals surface area contributed by atoms with Crippen molar-refractivity contribution in [3.05, 3.63) is 28.2 Å². The van der Waals surface area contributed by atoms with Crippen molar-refractivity contribution in [1.29, 1.82) is 0 Å². The molecule has 1 unspecified atom stereocenters. The highest BCUT2D eigenvalue weighted by Crippen LogP contribution is 2.24. The Balaban J connectivity index is 2.12. The van der Waals surface area contributed by atoms with Crippen molar-refractivity contribution >= 4 is 26.0 Å². The molecule has 1 aromatic carbocycles. The van der Waals surface area contributed by atoms with E-state index in [4.69, 9.17) is 0 Å². The topological polar surface area (TPSA) is 61.4 Å². The number of likely N-dealkylation sites (N-methyl/N-ethyl adjacent to an activating group) is 1. The summed E-state index contributed by atoms with van der Waals surface area (Å²) in [6.45, 7) is 5.34. The van der Waals surface area contributed by atoms with Gasteiger partial charge < -0.3 is 10.2 Å². The SMILES string of the molecule is CCNCc1ccc(S(=O)(=O)NC2CCN(C)C2)c(Br)c1. The van der Waals surface area contributed by atoms with Gasteiger partial charge in [0, 0.05) is 23.6 Å². The summed E-state index contributed by atoms with van der Waals surface area (Å²) >= 11 is 3.38. The number of nitrogens with zero attached hydrogens (tertiary/aromatic N) is 1. The quantitative estimate of drug-likeness (QED) is 0.791. The molecule has 0 bridgehead atoms. The number of benzene rings is 1. The van der Waals surface area contributed by atoms with E-state index in [9.17, 15) is 8.42 Å². The van der Waals surface area contributed by atoms with Gasteiger partial charge in [-0.05, 0) is 60.2 Å². The van der Waals surface area contributed by atoms with Gasteiger partial charge in [-0.25, -0.2) is 13.1 Å². The number of halogens is 1. The van der Waals surface area contributed by atoms with Gasteiger partial charge in [-0.3, -0.25) is 0 Å². The highest BCUT2D eigenvalue weighted by Gasteiger charge is 2.26. The van der Waals surface area contributed by atoms with E-state index in [0.717, 1.165) is 38.2 Å². The first-order valence-electron chi connectivity index (χ1n) is 7.12. The lowest BCUT2D eigenvalue weighted by Gasteiger charge is -2.15. The van der Waals surface area contributed by atoms with Crippen LogP contribution in [0.2, 0.25) is 0 Å². The number of hydrogen-bond donors (Lipinski definition) is 2. The maximum Gasteiger partial charge on any atom is 0.241 e. The van der Waals surface area contributed by atoms with Gasteiger partial charge in [-0.1, -0.05) is 13.0 Å². The van der Waals surface area contributed by atoms with Gasteiger partial charge in [-0.2, -0.15) is 0 Å². The van der Waals surface area contributed by atoms with E-state index in [1.54, 1.807) is 6.07 Å². The van der Waals surface area contributed by atoms with Crippen LogP contribution in [0.3, 0.4) is 0 Å². The Hall–Kier alpha value is -0.470. The fourth-order valence-corrected chi connectivity index (χ4v) is 4.84. The van der Waals surface area contributed by atoms with Crippen molar-refractivity contribution in [2.75, 3.05) is 26.7 Å². The monoisotopic (exact) mass is 375 g/mol. The Morgan fingerprint density at radius 2 is 2.19 bits per heavy atom. The molecular weight excluding hydrogens is 354 g/mol. The molecule has 118 valence electrons. The number of hydrogen-bond acceptors (Lipinski definition) is 4. The molecule has 1 heterocycles. The first-order chi connectivity index (χ1) is 9.92. The minimum absolute atomic E-state index is 0.00617. The Morgan fingerprint density at radius 1 is 1.43 bits per heavy atom. The van der Waals surface area contributed by atoms with Crippen LogP contribution in [0.25, 0.3) is 0 Å². The lowest BCUT2D eigenvalue weighted by Crippen LogP contribution is -2.36. The highest BCUT2D eigenvalue weighted by atomic mass is 79.9. The van der Waals surface area contributed by atoms with E-state index in [1.165, 1.54) is 0 Å². The molecule has 1 saturated heterocycles. The summed E-state index contributed by atoms with van der Waals surface area (Å²) in [4.78, 5) is 2.43. The Morgan fingerprint density at radius 3 is 2.76 bits per heavy atom. The predicted molar refractivity (Wildman–Crippen MR) is 87.7 cm³/mol. The molecule has 1 aliphatic heterocycles. The van der Waals surface area contributed by atoms with Crippen LogP contribution in [0.5, 0.6) is 0 Å². The van der Waals surface area contributed by atoms with Crippen molar-refractivity contribution in [3.63, 3.8) is 0 Å².